The number of ether oxygens (including phenoxy) is 1. The number of benzene rings is 1. The summed E-state index contributed by atoms with van der Waals surface area (Å²) in [5.74, 6) is -0.122. The summed E-state index contributed by atoms with van der Waals surface area (Å²) in [4.78, 5) is 14.9. The van der Waals surface area contributed by atoms with Gasteiger partial charge in [0.25, 0.3) is 0 Å². The lowest BCUT2D eigenvalue weighted by Gasteiger charge is -2.43. The Balaban J connectivity index is 1.35. The lowest BCUT2D eigenvalue weighted by atomic mass is 9.81. The van der Waals surface area contributed by atoms with Crippen LogP contribution in [0.2, 0.25) is 0 Å². The third-order valence-electron chi connectivity index (χ3n) is 6.15. The van der Waals surface area contributed by atoms with Crippen LogP contribution in [-0.4, -0.2) is 36.1 Å². The van der Waals surface area contributed by atoms with Crippen LogP contribution in [0.25, 0.3) is 0 Å². The van der Waals surface area contributed by atoms with E-state index in [4.69, 9.17) is 4.74 Å². The van der Waals surface area contributed by atoms with Crippen LogP contribution >= 0.6 is 0 Å². The molecule has 3 heteroatoms. The molecule has 0 N–H and O–H groups in total. The van der Waals surface area contributed by atoms with Crippen LogP contribution in [0.4, 0.5) is 0 Å². The normalized spacial score (nSPS) is 19.3. The van der Waals surface area contributed by atoms with Gasteiger partial charge in [0.05, 0.1) is 5.56 Å². The summed E-state index contributed by atoms with van der Waals surface area (Å²) in [5.41, 5.74) is 1.68. The Morgan fingerprint density at radius 3 is 2.35 bits per heavy atom. The lowest BCUT2D eigenvalue weighted by molar-refractivity contribution is -0.0566. The van der Waals surface area contributed by atoms with E-state index in [-0.39, 0.29) is 11.6 Å². The van der Waals surface area contributed by atoms with E-state index in [1.807, 2.05) is 18.2 Å². The van der Waals surface area contributed by atoms with Crippen LogP contribution in [0.15, 0.2) is 24.3 Å². The molecule has 0 unspecified atom stereocenters. The van der Waals surface area contributed by atoms with Crippen molar-refractivity contribution in [2.75, 3.05) is 19.6 Å². The molecule has 0 aromatic heterocycles. The smallest absolute Gasteiger partial charge is 0.338 e. The molecule has 3 nitrogen and oxygen atoms in total. The zero-order valence-electron chi connectivity index (χ0n) is 16.5. The van der Waals surface area contributed by atoms with Gasteiger partial charge >= 0.3 is 5.97 Å². The average Bonchev–Trinajstić information content (AvgIpc) is 2.65. The van der Waals surface area contributed by atoms with Crippen molar-refractivity contribution in [3.05, 3.63) is 35.4 Å². The summed E-state index contributed by atoms with van der Waals surface area (Å²) in [6.45, 7) is 5.60. The Hall–Kier alpha value is -1.35. The molecule has 26 heavy (non-hydrogen) atoms. The SMILES string of the molecule is CCCCCCCCCCN1CCC2(CC1)Cc1ccccc1C(=O)O2. The number of rotatable bonds is 9. The van der Waals surface area contributed by atoms with Crippen molar-refractivity contribution in [1.29, 1.82) is 0 Å². The first-order chi connectivity index (χ1) is 12.7. The molecule has 0 radical (unpaired) electrons. The van der Waals surface area contributed by atoms with Gasteiger partial charge in [-0.3, -0.25) is 0 Å². The molecule has 2 heterocycles. The van der Waals surface area contributed by atoms with Crippen LogP contribution in [-0.2, 0) is 11.2 Å². The number of likely N-dealkylation sites (tertiary alicyclic amines) is 1. The summed E-state index contributed by atoms with van der Waals surface area (Å²) in [6, 6.07) is 7.93. The minimum absolute atomic E-state index is 0.122. The van der Waals surface area contributed by atoms with Crippen molar-refractivity contribution >= 4 is 5.97 Å². The Kier molecular flexibility index (Phi) is 7.13. The van der Waals surface area contributed by atoms with E-state index in [9.17, 15) is 4.79 Å². The molecular formula is C23H35NO2. The Bertz CT molecular complexity index is 575. The number of piperidine rings is 1. The van der Waals surface area contributed by atoms with Gasteiger partial charge in [0.1, 0.15) is 5.60 Å². The fraction of sp³-hybridized carbons (Fsp3) is 0.696. The number of carbonyl (C=O) groups excluding carboxylic acids is 1. The summed E-state index contributed by atoms with van der Waals surface area (Å²) in [6.07, 6.45) is 13.8. The van der Waals surface area contributed by atoms with E-state index in [0.29, 0.717) is 0 Å². The third-order valence-corrected chi connectivity index (χ3v) is 6.15. The molecule has 3 rings (SSSR count). The van der Waals surface area contributed by atoms with Crippen molar-refractivity contribution < 1.29 is 9.53 Å². The second kappa shape index (κ2) is 9.55. The van der Waals surface area contributed by atoms with Crippen molar-refractivity contribution in [3.8, 4) is 0 Å². The topological polar surface area (TPSA) is 29.5 Å². The first-order valence-electron chi connectivity index (χ1n) is 10.8. The molecule has 0 atom stereocenters. The van der Waals surface area contributed by atoms with Crippen LogP contribution < -0.4 is 0 Å². The zero-order chi connectivity index (χ0) is 18.2. The van der Waals surface area contributed by atoms with E-state index >= 15 is 0 Å². The molecule has 1 spiro atoms. The molecule has 1 aromatic carbocycles. The first-order valence-corrected chi connectivity index (χ1v) is 10.8. The predicted octanol–water partition coefficient (Wildman–Crippen LogP) is 5.37. The van der Waals surface area contributed by atoms with Crippen molar-refractivity contribution in [2.24, 2.45) is 0 Å². The van der Waals surface area contributed by atoms with Gasteiger partial charge in [0.15, 0.2) is 0 Å². The average molecular weight is 358 g/mol. The fourth-order valence-electron chi connectivity index (χ4n) is 4.44. The number of hydrogen-bond donors (Lipinski definition) is 0. The highest BCUT2D eigenvalue weighted by Gasteiger charge is 2.42. The molecule has 0 bridgehead atoms. The van der Waals surface area contributed by atoms with Crippen LogP contribution in [0.3, 0.4) is 0 Å². The van der Waals surface area contributed by atoms with Gasteiger partial charge in [0, 0.05) is 32.4 Å². The van der Waals surface area contributed by atoms with Crippen LogP contribution in [0.5, 0.6) is 0 Å². The summed E-state index contributed by atoms with van der Waals surface area (Å²) < 4.78 is 5.91. The van der Waals surface area contributed by atoms with Gasteiger partial charge < -0.3 is 9.64 Å². The maximum atomic E-state index is 12.3. The maximum Gasteiger partial charge on any atom is 0.338 e. The van der Waals surface area contributed by atoms with Gasteiger partial charge in [-0.25, -0.2) is 4.79 Å². The molecule has 0 aliphatic carbocycles. The Morgan fingerprint density at radius 1 is 0.962 bits per heavy atom. The van der Waals surface area contributed by atoms with Crippen LogP contribution in [0.1, 0.15) is 87.1 Å². The number of nitrogens with zero attached hydrogens (tertiary/aromatic N) is 1. The van der Waals surface area contributed by atoms with Gasteiger partial charge in [-0.05, 0) is 24.6 Å². The molecule has 0 saturated carbocycles. The minimum Gasteiger partial charge on any atom is -0.455 e. The summed E-state index contributed by atoms with van der Waals surface area (Å²) in [5, 5.41) is 0. The first kappa shape index (κ1) is 19.4. The Morgan fingerprint density at radius 2 is 1.62 bits per heavy atom. The van der Waals surface area contributed by atoms with Gasteiger partial charge in [-0.2, -0.15) is 0 Å². The second-order valence-electron chi connectivity index (χ2n) is 8.22. The number of carbonyl (C=O) groups is 1. The van der Waals surface area contributed by atoms with E-state index in [2.05, 4.69) is 17.9 Å². The molecule has 144 valence electrons. The fourth-order valence-corrected chi connectivity index (χ4v) is 4.44. The largest absolute Gasteiger partial charge is 0.455 e. The van der Waals surface area contributed by atoms with Gasteiger partial charge in [-0.1, -0.05) is 70.1 Å². The summed E-state index contributed by atoms with van der Waals surface area (Å²) in [7, 11) is 0. The maximum absolute atomic E-state index is 12.3. The van der Waals surface area contributed by atoms with Crippen molar-refractivity contribution in [1.82, 2.24) is 4.90 Å². The monoisotopic (exact) mass is 357 g/mol. The van der Waals surface area contributed by atoms with Gasteiger partial charge in [0.2, 0.25) is 0 Å². The summed E-state index contributed by atoms with van der Waals surface area (Å²) >= 11 is 0. The highest BCUT2D eigenvalue weighted by molar-refractivity contribution is 5.92. The molecule has 1 fully saturated rings. The molecule has 1 aromatic rings. The van der Waals surface area contributed by atoms with Crippen LogP contribution in [0, 0.1) is 0 Å². The van der Waals surface area contributed by atoms with Crippen molar-refractivity contribution in [3.63, 3.8) is 0 Å². The molecule has 0 amide bonds. The zero-order valence-corrected chi connectivity index (χ0v) is 16.5. The predicted molar refractivity (Wildman–Crippen MR) is 107 cm³/mol. The number of esters is 1. The quantitative estimate of drug-likeness (QED) is 0.439. The highest BCUT2D eigenvalue weighted by Crippen LogP contribution is 2.36. The van der Waals surface area contributed by atoms with E-state index in [1.165, 1.54) is 63.5 Å². The third kappa shape index (κ3) is 5.09. The second-order valence-corrected chi connectivity index (χ2v) is 8.22. The Labute approximate surface area is 159 Å². The highest BCUT2D eigenvalue weighted by atomic mass is 16.6. The molecular weight excluding hydrogens is 322 g/mol. The van der Waals surface area contributed by atoms with E-state index in [0.717, 1.165) is 37.9 Å². The van der Waals surface area contributed by atoms with E-state index < -0.39 is 0 Å². The number of fused-ring (bicyclic) bond motifs is 1. The molecule has 2 aliphatic heterocycles. The molecule has 1 saturated heterocycles. The minimum atomic E-state index is -0.249. The number of unbranched alkanes of at least 4 members (excludes halogenated alkanes) is 7. The number of hydrogen-bond acceptors (Lipinski definition) is 3. The molecule has 2 aliphatic rings. The lowest BCUT2D eigenvalue weighted by Crippen LogP contribution is -2.50. The van der Waals surface area contributed by atoms with Gasteiger partial charge in [-0.15, -0.1) is 0 Å². The van der Waals surface area contributed by atoms with Crippen molar-refractivity contribution in [2.45, 2.75) is 83.2 Å². The van der Waals surface area contributed by atoms with E-state index in [1.54, 1.807) is 0 Å². The standard InChI is InChI=1S/C23H35NO2/c1-2-3-4-5-6-7-8-11-16-24-17-14-23(15-18-24)19-20-12-9-10-13-21(20)22(25)26-23/h9-10,12-13H,2-8,11,14-19H2,1H3.